The van der Waals surface area contributed by atoms with Gasteiger partial charge in [0, 0.05) is 19.3 Å². The van der Waals surface area contributed by atoms with Crippen LogP contribution < -0.4 is 10.3 Å². The maximum atomic E-state index is 11.6. The average molecular weight is 244 g/mol. The standard InChI is InChI=1S/C10H16N2O3S/c1-3-4-7-16(14,15)11-9-5-6-10(13)12(2)8-9/h5-6,8,11H,3-4,7H2,1-2H3. The molecule has 16 heavy (non-hydrogen) atoms. The zero-order valence-electron chi connectivity index (χ0n) is 9.43. The Labute approximate surface area is 95.2 Å². The summed E-state index contributed by atoms with van der Waals surface area (Å²) in [6.07, 6.45) is 2.92. The predicted octanol–water partition coefficient (Wildman–Crippen LogP) is 0.927. The van der Waals surface area contributed by atoms with Gasteiger partial charge >= 0.3 is 0 Å². The fourth-order valence-corrected chi connectivity index (χ4v) is 2.47. The van der Waals surface area contributed by atoms with Crippen LogP contribution in [0, 0.1) is 0 Å². The lowest BCUT2D eigenvalue weighted by Crippen LogP contribution is -2.20. The quantitative estimate of drug-likeness (QED) is 0.837. The minimum atomic E-state index is -3.29. The van der Waals surface area contributed by atoms with Gasteiger partial charge in [0.1, 0.15) is 0 Å². The summed E-state index contributed by atoms with van der Waals surface area (Å²) in [4.78, 5) is 11.1. The second kappa shape index (κ2) is 5.16. The van der Waals surface area contributed by atoms with Crippen molar-refractivity contribution in [3.8, 4) is 0 Å². The van der Waals surface area contributed by atoms with Crippen molar-refractivity contribution < 1.29 is 8.42 Å². The monoisotopic (exact) mass is 244 g/mol. The van der Waals surface area contributed by atoms with Crippen molar-refractivity contribution in [2.75, 3.05) is 10.5 Å². The van der Waals surface area contributed by atoms with Crippen molar-refractivity contribution in [2.24, 2.45) is 7.05 Å². The van der Waals surface area contributed by atoms with E-state index >= 15 is 0 Å². The van der Waals surface area contributed by atoms with Gasteiger partial charge in [0.25, 0.3) is 0 Å². The van der Waals surface area contributed by atoms with E-state index in [2.05, 4.69) is 4.72 Å². The zero-order valence-corrected chi connectivity index (χ0v) is 10.3. The van der Waals surface area contributed by atoms with Crippen molar-refractivity contribution in [1.29, 1.82) is 0 Å². The van der Waals surface area contributed by atoms with Crippen LogP contribution >= 0.6 is 0 Å². The Morgan fingerprint density at radius 1 is 1.38 bits per heavy atom. The number of anilines is 1. The molecule has 0 aliphatic heterocycles. The molecular formula is C10H16N2O3S. The van der Waals surface area contributed by atoms with E-state index in [9.17, 15) is 13.2 Å². The first-order chi connectivity index (χ1) is 7.44. The lowest BCUT2D eigenvalue weighted by Gasteiger charge is -2.08. The summed E-state index contributed by atoms with van der Waals surface area (Å²) in [5, 5.41) is 0. The largest absolute Gasteiger partial charge is 0.316 e. The second-order valence-corrected chi connectivity index (χ2v) is 5.48. The van der Waals surface area contributed by atoms with Crippen molar-refractivity contribution >= 4 is 15.7 Å². The number of unbranched alkanes of at least 4 members (excludes halogenated alkanes) is 1. The van der Waals surface area contributed by atoms with E-state index < -0.39 is 10.0 Å². The number of nitrogens with one attached hydrogen (secondary N) is 1. The number of rotatable bonds is 5. The van der Waals surface area contributed by atoms with Crippen LogP contribution in [0.3, 0.4) is 0 Å². The third kappa shape index (κ3) is 3.69. The molecule has 0 aromatic carbocycles. The van der Waals surface area contributed by atoms with Gasteiger partial charge < -0.3 is 4.57 Å². The molecule has 1 aromatic rings. The summed E-state index contributed by atoms with van der Waals surface area (Å²) >= 11 is 0. The molecule has 0 unspecified atom stereocenters. The number of nitrogens with zero attached hydrogens (tertiary/aromatic N) is 1. The van der Waals surface area contributed by atoms with E-state index in [0.717, 1.165) is 6.42 Å². The van der Waals surface area contributed by atoms with E-state index in [-0.39, 0.29) is 11.3 Å². The van der Waals surface area contributed by atoms with Crippen LogP contribution in [0.2, 0.25) is 0 Å². The third-order valence-electron chi connectivity index (χ3n) is 2.13. The minimum Gasteiger partial charge on any atom is -0.316 e. The van der Waals surface area contributed by atoms with Gasteiger partial charge in [-0.2, -0.15) is 0 Å². The summed E-state index contributed by atoms with van der Waals surface area (Å²) < 4.78 is 26.9. The van der Waals surface area contributed by atoms with Crippen molar-refractivity contribution in [1.82, 2.24) is 4.57 Å². The third-order valence-corrected chi connectivity index (χ3v) is 3.50. The van der Waals surface area contributed by atoms with Crippen LogP contribution in [-0.2, 0) is 17.1 Å². The molecule has 0 aliphatic carbocycles. The van der Waals surface area contributed by atoms with Crippen LogP contribution in [0.1, 0.15) is 19.8 Å². The van der Waals surface area contributed by atoms with Crippen molar-refractivity contribution in [3.63, 3.8) is 0 Å². The van der Waals surface area contributed by atoms with Crippen LogP contribution in [0.4, 0.5) is 5.69 Å². The molecule has 0 bridgehead atoms. The van der Waals surface area contributed by atoms with E-state index in [1.807, 2.05) is 6.92 Å². The van der Waals surface area contributed by atoms with Crippen LogP contribution in [0.5, 0.6) is 0 Å². The second-order valence-electron chi connectivity index (χ2n) is 3.64. The number of hydrogen-bond donors (Lipinski definition) is 1. The molecule has 0 radical (unpaired) electrons. The molecule has 0 saturated carbocycles. The number of pyridine rings is 1. The first-order valence-corrected chi connectivity index (χ1v) is 6.77. The van der Waals surface area contributed by atoms with Gasteiger partial charge in [0.05, 0.1) is 11.4 Å². The number of aryl methyl sites for hydroxylation is 1. The number of sulfonamides is 1. The fourth-order valence-electron chi connectivity index (χ4n) is 1.22. The molecular weight excluding hydrogens is 228 g/mol. The summed E-state index contributed by atoms with van der Waals surface area (Å²) in [6, 6.07) is 2.80. The zero-order chi connectivity index (χ0) is 12.2. The smallest absolute Gasteiger partial charge is 0.250 e. The van der Waals surface area contributed by atoms with Crippen molar-refractivity contribution in [2.45, 2.75) is 19.8 Å². The topological polar surface area (TPSA) is 68.2 Å². The average Bonchev–Trinajstić information content (AvgIpc) is 2.20. The molecule has 0 saturated heterocycles. The molecule has 0 aliphatic rings. The minimum absolute atomic E-state index is 0.104. The molecule has 0 fully saturated rings. The maximum absolute atomic E-state index is 11.6. The summed E-state index contributed by atoms with van der Waals surface area (Å²) in [6.45, 7) is 1.93. The first kappa shape index (κ1) is 12.8. The maximum Gasteiger partial charge on any atom is 0.250 e. The normalized spacial score (nSPS) is 11.4. The Balaban J connectivity index is 2.80. The number of aromatic nitrogens is 1. The van der Waals surface area contributed by atoms with Gasteiger partial charge in [0.15, 0.2) is 0 Å². The first-order valence-electron chi connectivity index (χ1n) is 5.12. The highest BCUT2D eigenvalue weighted by Crippen LogP contribution is 2.07. The predicted molar refractivity (Wildman–Crippen MR) is 64.0 cm³/mol. The molecule has 6 heteroatoms. The van der Waals surface area contributed by atoms with Crippen LogP contribution in [0.15, 0.2) is 23.1 Å². The highest BCUT2D eigenvalue weighted by molar-refractivity contribution is 7.92. The fraction of sp³-hybridized carbons (Fsp3) is 0.500. The molecule has 0 amide bonds. The molecule has 90 valence electrons. The Morgan fingerprint density at radius 3 is 2.62 bits per heavy atom. The van der Waals surface area contributed by atoms with Crippen molar-refractivity contribution in [3.05, 3.63) is 28.7 Å². The van der Waals surface area contributed by atoms with Gasteiger partial charge in [-0.05, 0) is 12.5 Å². The van der Waals surface area contributed by atoms with E-state index in [1.54, 1.807) is 7.05 Å². The summed E-state index contributed by atoms with van der Waals surface area (Å²) in [7, 11) is -1.72. The Hall–Kier alpha value is -1.30. The Kier molecular flexibility index (Phi) is 4.12. The SMILES string of the molecule is CCCCS(=O)(=O)Nc1ccc(=O)n(C)c1. The van der Waals surface area contributed by atoms with Gasteiger partial charge in [-0.3, -0.25) is 9.52 Å². The lowest BCUT2D eigenvalue weighted by atomic mass is 10.4. The molecule has 1 aromatic heterocycles. The van der Waals surface area contributed by atoms with E-state index in [4.69, 9.17) is 0 Å². The van der Waals surface area contributed by atoms with Crippen LogP contribution in [0.25, 0.3) is 0 Å². The lowest BCUT2D eigenvalue weighted by molar-refractivity contribution is 0.598. The van der Waals surface area contributed by atoms with E-state index in [0.29, 0.717) is 12.1 Å². The summed E-state index contributed by atoms with van der Waals surface area (Å²) in [5.74, 6) is 0.104. The van der Waals surface area contributed by atoms with Crippen LogP contribution in [-0.4, -0.2) is 18.7 Å². The van der Waals surface area contributed by atoms with Gasteiger partial charge in [0.2, 0.25) is 15.6 Å². The van der Waals surface area contributed by atoms with Gasteiger partial charge in [-0.1, -0.05) is 13.3 Å². The molecule has 1 heterocycles. The molecule has 5 nitrogen and oxygen atoms in total. The molecule has 0 spiro atoms. The molecule has 1 rings (SSSR count). The highest BCUT2D eigenvalue weighted by atomic mass is 32.2. The summed E-state index contributed by atoms with van der Waals surface area (Å²) in [5.41, 5.74) is 0.245. The van der Waals surface area contributed by atoms with Gasteiger partial charge in [-0.15, -0.1) is 0 Å². The molecule has 0 atom stereocenters. The Bertz CT molecular complexity index is 505. The number of hydrogen-bond acceptors (Lipinski definition) is 3. The van der Waals surface area contributed by atoms with Gasteiger partial charge in [-0.25, -0.2) is 8.42 Å². The molecule has 1 N–H and O–H groups in total. The van der Waals surface area contributed by atoms with E-state index in [1.165, 1.54) is 22.9 Å². The Morgan fingerprint density at radius 2 is 2.06 bits per heavy atom. The highest BCUT2D eigenvalue weighted by Gasteiger charge is 2.09.